The third-order valence-electron chi connectivity index (χ3n) is 2.24. The first-order valence-corrected chi connectivity index (χ1v) is 4.07. The maximum Gasteiger partial charge on any atom is 0.224 e. The van der Waals surface area contributed by atoms with Gasteiger partial charge < -0.3 is 30.3 Å². The van der Waals surface area contributed by atoms with Gasteiger partial charge in [-0.2, -0.15) is 0 Å². The van der Waals surface area contributed by atoms with Crippen LogP contribution in [0.5, 0.6) is 0 Å². The Morgan fingerprint density at radius 2 is 1.79 bits per heavy atom. The van der Waals surface area contributed by atoms with E-state index in [9.17, 15) is 24.8 Å². The molecule has 1 saturated heterocycles. The van der Waals surface area contributed by atoms with Gasteiger partial charge in [0, 0.05) is 0 Å². The highest BCUT2D eigenvalue weighted by atomic mass is 19.1. The number of ether oxygens (including phenoxy) is 1. The Bertz CT molecular complexity index is 201. The van der Waals surface area contributed by atoms with Crippen LogP contribution in [0.15, 0.2) is 0 Å². The number of hydrogen-bond donors (Lipinski definition) is 5. The lowest BCUT2D eigenvalue weighted by molar-refractivity contribution is -0.352. The Morgan fingerprint density at radius 3 is 2.21 bits per heavy atom. The molecular weight excluding hydrogens is 199 g/mol. The zero-order valence-electron chi connectivity index (χ0n) is 7.25. The summed E-state index contributed by atoms with van der Waals surface area (Å²) in [5.41, 5.74) is 0. The van der Waals surface area contributed by atoms with Crippen molar-refractivity contribution < 1.29 is 34.7 Å². The quantitative estimate of drug-likeness (QED) is 0.336. The maximum absolute atomic E-state index is 12.3. The molecule has 0 amide bonds. The van der Waals surface area contributed by atoms with Gasteiger partial charge in [0.25, 0.3) is 0 Å². The van der Waals surface area contributed by atoms with Crippen LogP contribution >= 0.6 is 0 Å². The first kappa shape index (κ1) is 11.8. The van der Waals surface area contributed by atoms with Gasteiger partial charge in [-0.05, 0) is 0 Å². The zero-order chi connectivity index (χ0) is 10.9. The summed E-state index contributed by atoms with van der Waals surface area (Å²) in [7, 11) is 0. The SMILES string of the molecule is OCC1OC(O)(CF)C(O)[C@H](O)[C@@H]1O. The fourth-order valence-electron chi connectivity index (χ4n) is 1.33. The van der Waals surface area contributed by atoms with Crippen molar-refractivity contribution in [3.05, 3.63) is 0 Å². The molecule has 0 aliphatic carbocycles. The number of rotatable bonds is 2. The molecule has 6 nitrogen and oxygen atoms in total. The molecule has 0 bridgehead atoms. The van der Waals surface area contributed by atoms with E-state index in [1.54, 1.807) is 0 Å². The van der Waals surface area contributed by atoms with Crippen molar-refractivity contribution in [2.24, 2.45) is 0 Å². The standard InChI is InChI=1S/C7H13FO6/c8-2-7(13)6(12)5(11)4(10)3(1-9)14-7/h3-6,9-13H,1-2H2/t3?,4-,5-,6?,7?/m1/s1. The van der Waals surface area contributed by atoms with E-state index >= 15 is 0 Å². The first-order chi connectivity index (χ1) is 6.46. The molecule has 3 unspecified atom stereocenters. The minimum Gasteiger partial charge on any atom is -0.394 e. The van der Waals surface area contributed by atoms with Crippen LogP contribution in [0.3, 0.4) is 0 Å². The van der Waals surface area contributed by atoms with Gasteiger partial charge in [0.1, 0.15) is 31.1 Å². The van der Waals surface area contributed by atoms with Crippen molar-refractivity contribution in [1.29, 1.82) is 0 Å². The van der Waals surface area contributed by atoms with Crippen molar-refractivity contribution >= 4 is 0 Å². The maximum atomic E-state index is 12.3. The summed E-state index contributed by atoms with van der Waals surface area (Å²) in [6, 6.07) is 0. The van der Waals surface area contributed by atoms with Gasteiger partial charge in [0.15, 0.2) is 0 Å². The number of halogens is 1. The van der Waals surface area contributed by atoms with Gasteiger partial charge in [0.05, 0.1) is 6.61 Å². The minimum atomic E-state index is -2.58. The molecule has 0 spiro atoms. The Balaban J connectivity index is 2.84. The molecule has 1 rings (SSSR count). The van der Waals surface area contributed by atoms with E-state index in [1.165, 1.54) is 0 Å². The Hall–Kier alpha value is -0.310. The molecule has 0 radical (unpaired) electrons. The second kappa shape index (κ2) is 4.05. The smallest absolute Gasteiger partial charge is 0.224 e. The minimum absolute atomic E-state index is 0.701. The summed E-state index contributed by atoms with van der Waals surface area (Å²) in [5, 5.41) is 45.6. The summed E-state index contributed by atoms with van der Waals surface area (Å²) >= 11 is 0. The normalized spacial score (nSPS) is 49.3. The summed E-state index contributed by atoms with van der Waals surface area (Å²) < 4.78 is 16.9. The van der Waals surface area contributed by atoms with Gasteiger partial charge >= 0.3 is 0 Å². The highest BCUT2D eigenvalue weighted by Crippen LogP contribution is 2.28. The average Bonchev–Trinajstić information content (AvgIpc) is 2.20. The fraction of sp³-hybridized carbons (Fsp3) is 1.00. The van der Waals surface area contributed by atoms with E-state index in [0.717, 1.165) is 0 Å². The Kier molecular flexibility index (Phi) is 3.40. The molecular formula is C7H13FO6. The molecule has 5 N–H and O–H groups in total. The van der Waals surface area contributed by atoms with Crippen molar-refractivity contribution in [3.8, 4) is 0 Å². The van der Waals surface area contributed by atoms with Crippen molar-refractivity contribution in [3.63, 3.8) is 0 Å². The topological polar surface area (TPSA) is 110 Å². The molecule has 0 aromatic carbocycles. The molecule has 14 heavy (non-hydrogen) atoms. The fourth-order valence-corrected chi connectivity index (χ4v) is 1.33. The predicted octanol–water partition coefficient (Wildman–Crippen LogP) is -2.88. The monoisotopic (exact) mass is 212 g/mol. The summed E-state index contributed by atoms with van der Waals surface area (Å²) in [5.74, 6) is -2.58. The number of alkyl halides is 1. The molecule has 1 aliphatic rings. The predicted molar refractivity (Wildman–Crippen MR) is 40.9 cm³/mol. The van der Waals surface area contributed by atoms with Gasteiger partial charge in [-0.1, -0.05) is 0 Å². The first-order valence-electron chi connectivity index (χ1n) is 4.07. The van der Waals surface area contributed by atoms with E-state index in [1.807, 2.05) is 0 Å². The van der Waals surface area contributed by atoms with Crippen molar-refractivity contribution in [2.45, 2.75) is 30.2 Å². The molecule has 0 aromatic rings. The summed E-state index contributed by atoms with van der Waals surface area (Å²) in [6.45, 7) is -2.15. The highest BCUT2D eigenvalue weighted by molar-refractivity contribution is 4.95. The second-order valence-corrected chi connectivity index (χ2v) is 3.24. The lowest BCUT2D eigenvalue weighted by atomic mass is 9.93. The van der Waals surface area contributed by atoms with Crippen LogP contribution in [0.1, 0.15) is 0 Å². The van der Waals surface area contributed by atoms with Crippen LogP contribution in [0.4, 0.5) is 4.39 Å². The molecule has 7 heteroatoms. The molecule has 1 fully saturated rings. The van der Waals surface area contributed by atoms with Crippen LogP contribution in [0, 0.1) is 0 Å². The molecule has 0 saturated carbocycles. The van der Waals surface area contributed by atoms with E-state index in [0.29, 0.717) is 0 Å². The zero-order valence-corrected chi connectivity index (χ0v) is 7.25. The lowest BCUT2D eigenvalue weighted by Crippen LogP contribution is -2.66. The van der Waals surface area contributed by atoms with E-state index in [2.05, 4.69) is 4.74 Å². The third kappa shape index (κ3) is 1.74. The molecule has 0 aromatic heterocycles. The van der Waals surface area contributed by atoms with Gasteiger partial charge in [0.2, 0.25) is 5.79 Å². The molecule has 1 aliphatic heterocycles. The number of aliphatic hydroxyl groups is 5. The largest absolute Gasteiger partial charge is 0.394 e. The van der Waals surface area contributed by atoms with Crippen LogP contribution < -0.4 is 0 Å². The van der Waals surface area contributed by atoms with Crippen molar-refractivity contribution in [2.75, 3.05) is 13.3 Å². The average molecular weight is 212 g/mol. The van der Waals surface area contributed by atoms with Gasteiger partial charge in [-0.25, -0.2) is 4.39 Å². The van der Waals surface area contributed by atoms with Crippen LogP contribution in [0.2, 0.25) is 0 Å². The molecule has 5 atom stereocenters. The summed E-state index contributed by atoms with van der Waals surface area (Å²) in [6.07, 6.45) is -6.61. The van der Waals surface area contributed by atoms with Gasteiger partial charge in [-0.3, -0.25) is 0 Å². The second-order valence-electron chi connectivity index (χ2n) is 3.24. The number of hydrogen-bond acceptors (Lipinski definition) is 6. The van der Waals surface area contributed by atoms with E-state index < -0.39 is 43.5 Å². The Morgan fingerprint density at radius 1 is 1.21 bits per heavy atom. The Labute approximate surface area is 79.2 Å². The van der Waals surface area contributed by atoms with Gasteiger partial charge in [-0.15, -0.1) is 0 Å². The van der Waals surface area contributed by atoms with Crippen LogP contribution in [-0.2, 0) is 4.74 Å². The van der Waals surface area contributed by atoms with Crippen molar-refractivity contribution in [1.82, 2.24) is 0 Å². The van der Waals surface area contributed by atoms with Crippen LogP contribution in [0.25, 0.3) is 0 Å². The van der Waals surface area contributed by atoms with E-state index in [-0.39, 0.29) is 0 Å². The lowest BCUT2D eigenvalue weighted by Gasteiger charge is -2.43. The third-order valence-corrected chi connectivity index (χ3v) is 2.24. The number of aliphatic hydroxyl groups excluding tert-OH is 4. The summed E-state index contributed by atoms with van der Waals surface area (Å²) in [4.78, 5) is 0. The highest BCUT2D eigenvalue weighted by Gasteiger charge is 2.52. The van der Waals surface area contributed by atoms with E-state index in [4.69, 9.17) is 5.11 Å². The molecule has 1 heterocycles. The molecule has 84 valence electrons. The van der Waals surface area contributed by atoms with Crippen LogP contribution in [-0.4, -0.2) is 69.0 Å².